The monoisotopic (exact) mass is 166 g/mol. The fraction of sp³-hybridized carbons (Fsp3) is 0.222. The third kappa shape index (κ3) is 2.45. The molecule has 0 heterocycles. The van der Waals surface area contributed by atoms with Crippen LogP contribution in [0.4, 0.5) is 0 Å². The van der Waals surface area contributed by atoms with E-state index in [0.717, 1.165) is 17.4 Å². The first-order valence-corrected chi connectivity index (χ1v) is 3.60. The predicted molar refractivity (Wildman–Crippen MR) is 49.7 cm³/mol. The van der Waals surface area contributed by atoms with Crippen molar-refractivity contribution in [3.05, 3.63) is 34.9 Å². The van der Waals surface area contributed by atoms with Crippen LogP contribution in [0.2, 0.25) is 0 Å². The minimum Gasteiger partial charge on any atom is -0.298 e. The van der Waals surface area contributed by atoms with Gasteiger partial charge in [-0.1, -0.05) is 18.2 Å². The lowest BCUT2D eigenvalue weighted by Gasteiger charge is -1.99. The molecule has 0 radical (unpaired) electrons. The third-order valence-corrected chi connectivity index (χ3v) is 1.77. The molecule has 4 N–H and O–H groups in total. The maximum Gasteiger partial charge on any atom is 0.150 e. The summed E-state index contributed by atoms with van der Waals surface area (Å²) in [5.41, 5.74) is 3.04. The number of aryl methyl sites for hydroxylation is 1. The van der Waals surface area contributed by atoms with E-state index < -0.39 is 0 Å². The molecule has 0 aromatic heterocycles. The van der Waals surface area contributed by atoms with E-state index >= 15 is 0 Å². The molecule has 0 saturated heterocycles. The summed E-state index contributed by atoms with van der Waals surface area (Å²) in [5, 5.41) is 0. The highest BCUT2D eigenvalue weighted by molar-refractivity contribution is 5.77. The van der Waals surface area contributed by atoms with Gasteiger partial charge in [0.1, 0.15) is 6.29 Å². The Morgan fingerprint density at radius 3 is 2.25 bits per heavy atom. The molecule has 0 unspecified atom stereocenters. The van der Waals surface area contributed by atoms with Crippen molar-refractivity contribution in [2.75, 3.05) is 0 Å². The third-order valence-electron chi connectivity index (χ3n) is 1.77. The van der Waals surface area contributed by atoms with Gasteiger partial charge in [-0.15, -0.1) is 0 Å². The zero-order valence-corrected chi connectivity index (χ0v) is 7.37. The van der Waals surface area contributed by atoms with Gasteiger partial charge in [-0.2, -0.15) is 0 Å². The molecular weight excluding hydrogens is 152 g/mol. The molecule has 0 amide bonds. The molecule has 12 heavy (non-hydrogen) atoms. The summed E-state index contributed by atoms with van der Waals surface area (Å²) in [6.45, 7) is 3.96. The first-order chi connectivity index (χ1) is 5.75. The summed E-state index contributed by atoms with van der Waals surface area (Å²) in [5.74, 6) is 8.00. The van der Waals surface area contributed by atoms with Gasteiger partial charge in [0.05, 0.1) is 0 Å². The van der Waals surface area contributed by atoms with Crippen molar-refractivity contribution in [2.24, 2.45) is 11.7 Å². The zero-order chi connectivity index (χ0) is 9.56. The maximum absolute atomic E-state index is 10.4. The van der Waals surface area contributed by atoms with Gasteiger partial charge >= 0.3 is 0 Å². The average Bonchev–Trinajstić information content (AvgIpc) is 2.13. The molecule has 0 aliphatic rings. The Morgan fingerprint density at radius 1 is 1.25 bits per heavy atom. The molecule has 1 aromatic carbocycles. The highest BCUT2D eigenvalue weighted by Gasteiger charge is 1.96. The summed E-state index contributed by atoms with van der Waals surface area (Å²) in [4.78, 5) is 10.4. The summed E-state index contributed by atoms with van der Waals surface area (Å²) in [6.07, 6.45) is 0.891. The van der Waals surface area contributed by atoms with Crippen LogP contribution in [0, 0.1) is 13.8 Å². The highest BCUT2D eigenvalue weighted by atomic mass is 16.1. The Hall–Kier alpha value is -1.19. The fourth-order valence-corrected chi connectivity index (χ4v) is 0.901. The van der Waals surface area contributed by atoms with Crippen LogP contribution in [0.5, 0.6) is 0 Å². The van der Waals surface area contributed by atoms with Gasteiger partial charge in [0.2, 0.25) is 0 Å². The van der Waals surface area contributed by atoms with Crippen molar-refractivity contribution in [1.29, 1.82) is 0 Å². The van der Waals surface area contributed by atoms with Crippen LogP contribution in [0.1, 0.15) is 21.5 Å². The number of hydrogen-bond donors (Lipinski definition) is 2. The van der Waals surface area contributed by atoms with Crippen LogP contribution in [-0.4, -0.2) is 6.29 Å². The Morgan fingerprint density at radius 2 is 1.83 bits per heavy atom. The minimum atomic E-state index is 0.792. The standard InChI is InChI=1S/C9H10O.H4N2/c1-7-4-3-5-9(6-10)8(7)2;1-2/h3-6H,1-2H3;1-2H2. The lowest BCUT2D eigenvalue weighted by atomic mass is 10.1. The van der Waals surface area contributed by atoms with E-state index in [9.17, 15) is 4.79 Å². The molecule has 3 heteroatoms. The van der Waals surface area contributed by atoms with E-state index in [1.54, 1.807) is 0 Å². The van der Waals surface area contributed by atoms with Crippen LogP contribution in [-0.2, 0) is 0 Å². The molecular formula is C9H14N2O. The Bertz CT molecular complexity index is 259. The van der Waals surface area contributed by atoms with Gasteiger partial charge in [-0.05, 0) is 25.0 Å². The lowest BCUT2D eigenvalue weighted by Crippen LogP contribution is -2.02. The van der Waals surface area contributed by atoms with Crippen LogP contribution in [0.15, 0.2) is 18.2 Å². The van der Waals surface area contributed by atoms with E-state index in [0.29, 0.717) is 0 Å². The average molecular weight is 166 g/mol. The molecule has 0 aliphatic carbocycles. The summed E-state index contributed by atoms with van der Waals surface area (Å²) < 4.78 is 0. The second kappa shape index (κ2) is 5.46. The van der Waals surface area contributed by atoms with Gasteiger partial charge in [0.15, 0.2) is 0 Å². The quantitative estimate of drug-likeness (QED) is 0.370. The predicted octanol–water partition coefficient (Wildman–Crippen LogP) is 0.935. The van der Waals surface area contributed by atoms with Crippen molar-refractivity contribution >= 4 is 6.29 Å². The first-order valence-electron chi connectivity index (χ1n) is 3.60. The molecule has 0 atom stereocenters. The fourth-order valence-electron chi connectivity index (χ4n) is 0.901. The summed E-state index contributed by atoms with van der Waals surface area (Å²) in [6, 6.07) is 5.73. The SMILES string of the molecule is Cc1cccc(C=O)c1C.NN. The van der Waals surface area contributed by atoms with Gasteiger partial charge in [-0.25, -0.2) is 0 Å². The largest absolute Gasteiger partial charge is 0.298 e. The highest BCUT2D eigenvalue weighted by Crippen LogP contribution is 2.09. The van der Waals surface area contributed by atoms with E-state index in [2.05, 4.69) is 11.7 Å². The normalized spacial score (nSPS) is 8.33. The van der Waals surface area contributed by atoms with Crippen LogP contribution in [0.25, 0.3) is 0 Å². The number of carbonyl (C=O) groups excluding carboxylic acids is 1. The number of aldehydes is 1. The van der Waals surface area contributed by atoms with Gasteiger partial charge in [-0.3, -0.25) is 16.5 Å². The molecule has 0 bridgehead atoms. The van der Waals surface area contributed by atoms with E-state index in [1.807, 2.05) is 32.0 Å². The smallest absolute Gasteiger partial charge is 0.150 e. The van der Waals surface area contributed by atoms with Crippen LogP contribution < -0.4 is 11.7 Å². The number of hydrazine groups is 1. The second-order valence-electron chi connectivity index (χ2n) is 2.41. The number of hydrogen-bond acceptors (Lipinski definition) is 3. The van der Waals surface area contributed by atoms with E-state index in [-0.39, 0.29) is 0 Å². The Labute approximate surface area is 72.3 Å². The Kier molecular flexibility index (Phi) is 4.92. The molecule has 0 aliphatic heterocycles. The van der Waals surface area contributed by atoms with Crippen molar-refractivity contribution < 1.29 is 4.79 Å². The topological polar surface area (TPSA) is 69.1 Å². The number of carbonyl (C=O) groups is 1. The van der Waals surface area contributed by atoms with Crippen molar-refractivity contribution in [1.82, 2.24) is 0 Å². The van der Waals surface area contributed by atoms with Crippen molar-refractivity contribution in [3.8, 4) is 0 Å². The number of nitrogens with two attached hydrogens (primary N) is 2. The summed E-state index contributed by atoms with van der Waals surface area (Å²) >= 11 is 0. The molecule has 3 nitrogen and oxygen atoms in total. The van der Waals surface area contributed by atoms with Crippen molar-refractivity contribution in [3.63, 3.8) is 0 Å². The molecule has 1 rings (SSSR count). The maximum atomic E-state index is 10.4. The van der Waals surface area contributed by atoms with Gasteiger partial charge in [0.25, 0.3) is 0 Å². The lowest BCUT2D eigenvalue weighted by molar-refractivity contribution is 0.112. The Balaban J connectivity index is 0.000000561. The molecule has 1 aromatic rings. The minimum absolute atomic E-state index is 0.792. The first kappa shape index (κ1) is 10.8. The van der Waals surface area contributed by atoms with Gasteiger partial charge < -0.3 is 0 Å². The molecule has 0 saturated carbocycles. The molecule has 66 valence electrons. The van der Waals surface area contributed by atoms with Crippen LogP contribution in [0.3, 0.4) is 0 Å². The van der Waals surface area contributed by atoms with Crippen LogP contribution >= 0.6 is 0 Å². The molecule has 0 spiro atoms. The van der Waals surface area contributed by atoms with Gasteiger partial charge in [0, 0.05) is 5.56 Å². The van der Waals surface area contributed by atoms with Crippen molar-refractivity contribution in [2.45, 2.75) is 13.8 Å². The second-order valence-corrected chi connectivity index (χ2v) is 2.41. The number of benzene rings is 1. The van der Waals surface area contributed by atoms with E-state index in [1.165, 1.54) is 5.56 Å². The molecule has 0 fully saturated rings. The summed E-state index contributed by atoms with van der Waals surface area (Å²) in [7, 11) is 0. The van der Waals surface area contributed by atoms with E-state index in [4.69, 9.17) is 0 Å². The number of rotatable bonds is 1. The zero-order valence-electron chi connectivity index (χ0n) is 7.37.